The van der Waals surface area contributed by atoms with E-state index in [0.717, 1.165) is 30.6 Å². The molecule has 0 saturated heterocycles. The van der Waals surface area contributed by atoms with Gasteiger partial charge >= 0.3 is 5.97 Å². The number of ether oxygens (including phenoxy) is 2. The molecular formula is C18H19NO4S. The van der Waals surface area contributed by atoms with Gasteiger partial charge in [0.15, 0.2) is 0 Å². The fourth-order valence-corrected chi connectivity index (χ4v) is 4.07. The van der Waals surface area contributed by atoms with Crippen LogP contribution in [0.5, 0.6) is 5.75 Å². The van der Waals surface area contributed by atoms with E-state index in [1.807, 2.05) is 30.3 Å². The molecule has 1 amide bonds. The molecule has 6 heteroatoms. The van der Waals surface area contributed by atoms with Crippen molar-refractivity contribution in [3.8, 4) is 5.75 Å². The van der Waals surface area contributed by atoms with Gasteiger partial charge in [-0.2, -0.15) is 0 Å². The summed E-state index contributed by atoms with van der Waals surface area (Å²) in [7, 11) is 1.36. The number of carbonyl (C=O) groups is 2. The van der Waals surface area contributed by atoms with Crippen LogP contribution in [0.2, 0.25) is 0 Å². The number of rotatable bonds is 6. The second-order valence-corrected chi connectivity index (χ2v) is 6.62. The van der Waals surface area contributed by atoms with Gasteiger partial charge in [-0.15, -0.1) is 11.3 Å². The van der Waals surface area contributed by atoms with Gasteiger partial charge in [-0.3, -0.25) is 4.79 Å². The molecule has 0 atom stereocenters. The average molecular weight is 345 g/mol. The molecule has 0 unspecified atom stereocenters. The Kier molecular flexibility index (Phi) is 5.15. The third-order valence-electron chi connectivity index (χ3n) is 3.90. The SMILES string of the molecule is COC(=O)c1c(NC(=O)CCOc2ccccc2)sc2c1CCC2. The summed E-state index contributed by atoms with van der Waals surface area (Å²) in [6.07, 6.45) is 3.09. The molecule has 1 N–H and O–H groups in total. The lowest BCUT2D eigenvalue weighted by Gasteiger charge is -2.08. The number of thiophene rings is 1. The molecule has 2 aromatic rings. The fourth-order valence-electron chi connectivity index (χ4n) is 2.78. The summed E-state index contributed by atoms with van der Waals surface area (Å²) in [5.41, 5.74) is 1.55. The number of nitrogens with one attached hydrogen (secondary N) is 1. The molecule has 0 aliphatic heterocycles. The van der Waals surface area contributed by atoms with E-state index in [9.17, 15) is 9.59 Å². The highest BCUT2D eigenvalue weighted by molar-refractivity contribution is 7.17. The lowest BCUT2D eigenvalue weighted by molar-refractivity contribution is -0.116. The molecule has 0 saturated carbocycles. The first-order valence-corrected chi connectivity index (χ1v) is 8.71. The van der Waals surface area contributed by atoms with Gasteiger partial charge in [-0.25, -0.2) is 4.79 Å². The third-order valence-corrected chi connectivity index (χ3v) is 5.11. The molecule has 0 spiro atoms. The van der Waals surface area contributed by atoms with Crippen LogP contribution in [-0.4, -0.2) is 25.6 Å². The molecule has 0 radical (unpaired) electrons. The van der Waals surface area contributed by atoms with Gasteiger partial charge in [0.05, 0.1) is 25.7 Å². The van der Waals surface area contributed by atoms with E-state index >= 15 is 0 Å². The van der Waals surface area contributed by atoms with Gasteiger partial charge in [0.2, 0.25) is 5.91 Å². The largest absolute Gasteiger partial charge is 0.493 e. The maximum atomic E-state index is 12.2. The van der Waals surface area contributed by atoms with Crippen LogP contribution in [0.25, 0.3) is 0 Å². The second-order valence-electron chi connectivity index (χ2n) is 5.51. The first-order valence-electron chi connectivity index (χ1n) is 7.89. The molecule has 1 heterocycles. The van der Waals surface area contributed by atoms with Crippen LogP contribution in [-0.2, 0) is 22.4 Å². The topological polar surface area (TPSA) is 64.6 Å². The van der Waals surface area contributed by atoms with Crippen LogP contribution in [0, 0.1) is 0 Å². The van der Waals surface area contributed by atoms with Crippen LogP contribution >= 0.6 is 11.3 Å². The zero-order chi connectivity index (χ0) is 16.9. The van der Waals surface area contributed by atoms with E-state index in [0.29, 0.717) is 10.6 Å². The number of amides is 1. The lowest BCUT2D eigenvalue weighted by atomic mass is 10.1. The number of methoxy groups -OCH3 is 1. The number of carbonyl (C=O) groups excluding carboxylic acids is 2. The fraction of sp³-hybridized carbons (Fsp3) is 0.333. The number of esters is 1. The Morgan fingerprint density at radius 3 is 2.75 bits per heavy atom. The number of hydrogen-bond acceptors (Lipinski definition) is 5. The Morgan fingerprint density at radius 2 is 2.00 bits per heavy atom. The summed E-state index contributed by atoms with van der Waals surface area (Å²) in [4.78, 5) is 25.4. The molecular weight excluding hydrogens is 326 g/mol. The van der Waals surface area contributed by atoms with E-state index in [4.69, 9.17) is 9.47 Å². The predicted octanol–water partition coefficient (Wildman–Crippen LogP) is 3.43. The van der Waals surface area contributed by atoms with Crippen molar-refractivity contribution >= 4 is 28.2 Å². The Hall–Kier alpha value is -2.34. The zero-order valence-electron chi connectivity index (χ0n) is 13.5. The first kappa shape index (κ1) is 16.5. The average Bonchev–Trinajstić information content (AvgIpc) is 3.15. The summed E-state index contributed by atoms with van der Waals surface area (Å²) in [5.74, 6) is 0.178. The lowest BCUT2D eigenvalue weighted by Crippen LogP contribution is -2.17. The van der Waals surface area contributed by atoms with E-state index < -0.39 is 0 Å². The quantitative estimate of drug-likeness (QED) is 0.815. The van der Waals surface area contributed by atoms with Gasteiger partial charge in [-0.05, 0) is 37.0 Å². The molecule has 0 bridgehead atoms. The van der Waals surface area contributed by atoms with Crippen LogP contribution < -0.4 is 10.1 Å². The smallest absolute Gasteiger partial charge is 0.341 e. The minimum atomic E-state index is -0.384. The maximum Gasteiger partial charge on any atom is 0.341 e. The van der Waals surface area contributed by atoms with Gasteiger partial charge in [0.25, 0.3) is 0 Å². The number of anilines is 1. The van der Waals surface area contributed by atoms with Crippen molar-refractivity contribution in [1.82, 2.24) is 0 Å². The van der Waals surface area contributed by atoms with Crippen molar-refractivity contribution in [2.75, 3.05) is 19.0 Å². The molecule has 0 fully saturated rings. The summed E-state index contributed by atoms with van der Waals surface area (Å²) < 4.78 is 10.4. The summed E-state index contributed by atoms with van der Waals surface area (Å²) >= 11 is 1.48. The Labute approximate surface area is 144 Å². The van der Waals surface area contributed by atoms with E-state index in [-0.39, 0.29) is 24.9 Å². The molecule has 1 aliphatic carbocycles. The summed E-state index contributed by atoms with van der Waals surface area (Å²) in [5, 5.41) is 3.43. The Bertz CT molecular complexity index is 739. The highest BCUT2D eigenvalue weighted by Gasteiger charge is 2.27. The predicted molar refractivity (Wildman–Crippen MR) is 92.9 cm³/mol. The Balaban J connectivity index is 1.61. The van der Waals surface area contributed by atoms with Crippen molar-refractivity contribution in [2.24, 2.45) is 0 Å². The monoisotopic (exact) mass is 345 g/mol. The number of aryl methyl sites for hydroxylation is 1. The maximum absolute atomic E-state index is 12.2. The minimum Gasteiger partial charge on any atom is -0.493 e. The highest BCUT2D eigenvalue weighted by Crippen LogP contribution is 2.39. The van der Waals surface area contributed by atoms with Crippen molar-refractivity contribution < 1.29 is 19.1 Å². The first-order chi connectivity index (χ1) is 11.7. The standard InChI is InChI=1S/C18H19NO4S/c1-22-18(21)16-13-8-5-9-14(13)24-17(16)19-15(20)10-11-23-12-6-3-2-4-7-12/h2-4,6-7H,5,8-11H2,1H3,(H,19,20). The van der Waals surface area contributed by atoms with Gasteiger partial charge in [-0.1, -0.05) is 18.2 Å². The van der Waals surface area contributed by atoms with E-state index in [1.54, 1.807) is 0 Å². The minimum absolute atomic E-state index is 0.170. The zero-order valence-corrected chi connectivity index (χ0v) is 14.3. The van der Waals surface area contributed by atoms with Gasteiger partial charge in [0.1, 0.15) is 10.8 Å². The van der Waals surface area contributed by atoms with Crippen LogP contribution in [0.15, 0.2) is 30.3 Å². The van der Waals surface area contributed by atoms with Gasteiger partial charge in [0, 0.05) is 4.88 Å². The number of benzene rings is 1. The molecule has 126 valence electrons. The molecule has 1 aromatic heterocycles. The van der Waals surface area contributed by atoms with E-state index in [1.165, 1.54) is 23.3 Å². The summed E-state index contributed by atoms with van der Waals surface area (Å²) in [6, 6.07) is 9.36. The highest BCUT2D eigenvalue weighted by atomic mass is 32.1. The Morgan fingerprint density at radius 1 is 1.21 bits per heavy atom. The van der Waals surface area contributed by atoms with Crippen molar-refractivity contribution in [2.45, 2.75) is 25.7 Å². The van der Waals surface area contributed by atoms with E-state index in [2.05, 4.69) is 5.32 Å². The van der Waals surface area contributed by atoms with Crippen molar-refractivity contribution in [1.29, 1.82) is 0 Å². The van der Waals surface area contributed by atoms with Gasteiger partial charge < -0.3 is 14.8 Å². The molecule has 5 nitrogen and oxygen atoms in total. The number of para-hydroxylation sites is 1. The summed E-state index contributed by atoms with van der Waals surface area (Å²) in [6.45, 7) is 0.286. The number of hydrogen-bond donors (Lipinski definition) is 1. The molecule has 1 aromatic carbocycles. The van der Waals surface area contributed by atoms with Crippen LogP contribution in [0.4, 0.5) is 5.00 Å². The number of fused-ring (bicyclic) bond motifs is 1. The van der Waals surface area contributed by atoms with Crippen LogP contribution in [0.1, 0.15) is 33.6 Å². The normalized spacial score (nSPS) is 12.5. The van der Waals surface area contributed by atoms with Crippen LogP contribution in [0.3, 0.4) is 0 Å². The second kappa shape index (κ2) is 7.49. The molecule has 3 rings (SSSR count). The molecule has 1 aliphatic rings. The molecule has 24 heavy (non-hydrogen) atoms. The third kappa shape index (κ3) is 3.59. The van der Waals surface area contributed by atoms with Crippen molar-refractivity contribution in [3.05, 3.63) is 46.3 Å². The van der Waals surface area contributed by atoms with Crippen molar-refractivity contribution in [3.63, 3.8) is 0 Å².